The minimum Gasteiger partial charge on any atom is -0.496 e. The molecule has 1 aromatic carbocycles. The molecule has 2 aromatic rings. The first kappa shape index (κ1) is 13.6. The summed E-state index contributed by atoms with van der Waals surface area (Å²) in [5, 5.41) is 7.62. The van der Waals surface area contributed by atoms with Crippen LogP contribution in [-0.4, -0.2) is 23.4 Å². The molecule has 1 aromatic heterocycles. The van der Waals surface area contributed by atoms with Gasteiger partial charge in [-0.2, -0.15) is 5.10 Å². The van der Waals surface area contributed by atoms with Crippen LogP contribution in [0, 0.1) is 0 Å². The first-order valence-electron chi connectivity index (χ1n) is 6.61. The molecule has 0 amide bonds. The second kappa shape index (κ2) is 6.38. The number of methoxy groups -OCH3 is 1. The molecule has 1 N–H and O–H groups in total. The average molecular weight is 259 g/mol. The first-order valence-corrected chi connectivity index (χ1v) is 6.61. The zero-order valence-corrected chi connectivity index (χ0v) is 11.8. The van der Waals surface area contributed by atoms with E-state index < -0.39 is 0 Å². The summed E-state index contributed by atoms with van der Waals surface area (Å²) >= 11 is 0. The van der Waals surface area contributed by atoms with Crippen LogP contribution in [0.4, 0.5) is 0 Å². The number of aryl methyl sites for hydroxylation is 1. The molecule has 1 heterocycles. The minimum atomic E-state index is 0.825. The van der Waals surface area contributed by atoms with E-state index in [1.54, 1.807) is 7.11 Å². The molecule has 0 atom stereocenters. The van der Waals surface area contributed by atoms with E-state index in [1.165, 1.54) is 11.1 Å². The number of ether oxygens (including phenoxy) is 1. The van der Waals surface area contributed by atoms with Crippen LogP contribution in [0.3, 0.4) is 0 Å². The molecule has 0 saturated carbocycles. The van der Waals surface area contributed by atoms with Crippen LogP contribution in [0.5, 0.6) is 5.75 Å². The van der Waals surface area contributed by atoms with Gasteiger partial charge >= 0.3 is 0 Å². The molecule has 19 heavy (non-hydrogen) atoms. The number of nitrogens with zero attached hydrogens (tertiary/aromatic N) is 2. The molecule has 0 saturated heterocycles. The molecule has 0 aliphatic rings. The lowest BCUT2D eigenvalue weighted by Crippen LogP contribution is -2.14. The number of aromatic nitrogens is 2. The van der Waals surface area contributed by atoms with E-state index in [-0.39, 0.29) is 0 Å². The van der Waals surface area contributed by atoms with Gasteiger partial charge < -0.3 is 10.1 Å². The van der Waals surface area contributed by atoms with Gasteiger partial charge in [-0.05, 0) is 30.7 Å². The molecule has 4 heteroatoms. The molecule has 4 nitrogen and oxygen atoms in total. The predicted octanol–water partition coefficient (Wildman–Crippen LogP) is 2.60. The van der Waals surface area contributed by atoms with Crippen LogP contribution < -0.4 is 10.1 Å². The fourth-order valence-corrected chi connectivity index (χ4v) is 2.07. The summed E-state index contributed by atoms with van der Waals surface area (Å²) < 4.78 is 7.23. The van der Waals surface area contributed by atoms with Crippen LogP contribution in [0.1, 0.15) is 18.9 Å². The average Bonchev–Trinajstić information content (AvgIpc) is 2.85. The monoisotopic (exact) mass is 259 g/mol. The first-order chi connectivity index (χ1) is 9.24. The van der Waals surface area contributed by atoms with Gasteiger partial charge in [0.1, 0.15) is 5.75 Å². The van der Waals surface area contributed by atoms with Crippen LogP contribution in [0.25, 0.3) is 11.1 Å². The number of benzene rings is 1. The lowest BCUT2D eigenvalue weighted by molar-refractivity contribution is 0.408. The molecule has 0 aliphatic carbocycles. The third-order valence-corrected chi connectivity index (χ3v) is 3.06. The third-order valence-electron chi connectivity index (χ3n) is 3.06. The van der Waals surface area contributed by atoms with Gasteiger partial charge in [0.2, 0.25) is 0 Å². The normalized spacial score (nSPS) is 10.7. The largest absolute Gasteiger partial charge is 0.496 e. The Bertz CT molecular complexity index is 534. The Labute approximate surface area is 114 Å². The molecular formula is C15H21N3O. The maximum Gasteiger partial charge on any atom is 0.123 e. The highest BCUT2D eigenvalue weighted by Crippen LogP contribution is 2.26. The molecule has 0 fully saturated rings. The van der Waals surface area contributed by atoms with Gasteiger partial charge in [0.05, 0.1) is 13.3 Å². The van der Waals surface area contributed by atoms with Crippen molar-refractivity contribution in [1.82, 2.24) is 15.1 Å². The highest BCUT2D eigenvalue weighted by molar-refractivity contribution is 5.64. The molecule has 0 aliphatic heterocycles. The van der Waals surface area contributed by atoms with Crippen molar-refractivity contribution in [3.8, 4) is 16.9 Å². The summed E-state index contributed by atoms with van der Waals surface area (Å²) in [6.45, 7) is 4.00. The molecule has 0 radical (unpaired) electrons. The van der Waals surface area contributed by atoms with E-state index in [1.807, 2.05) is 30.2 Å². The highest BCUT2D eigenvalue weighted by Gasteiger charge is 2.07. The van der Waals surface area contributed by atoms with Crippen LogP contribution >= 0.6 is 0 Å². The Balaban J connectivity index is 2.24. The van der Waals surface area contributed by atoms with Crippen molar-refractivity contribution in [1.29, 1.82) is 0 Å². The second-order valence-corrected chi connectivity index (χ2v) is 4.61. The van der Waals surface area contributed by atoms with E-state index >= 15 is 0 Å². The van der Waals surface area contributed by atoms with Crippen molar-refractivity contribution in [2.24, 2.45) is 7.05 Å². The fraction of sp³-hybridized carbons (Fsp3) is 0.400. The maximum absolute atomic E-state index is 5.41. The quantitative estimate of drug-likeness (QED) is 0.810. The number of hydrogen-bond donors (Lipinski definition) is 1. The predicted molar refractivity (Wildman–Crippen MR) is 77.2 cm³/mol. The smallest absolute Gasteiger partial charge is 0.123 e. The Hall–Kier alpha value is -1.81. The Morgan fingerprint density at radius 3 is 2.79 bits per heavy atom. The van der Waals surface area contributed by atoms with Gasteiger partial charge in [-0.25, -0.2) is 0 Å². The van der Waals surface area contributed by atoms with Gasteiger partial charge in [-0.15, -0.1) is 0 Å². The Morgan fingerprint density at radius 1 is 1.32 bits per heavy atom. The van der Waals surface area contributed by atoms with Gasteiger partial charge in [-0.3, -0.25) is 4.68 Å². The van der Waals surface area contributed by atoms with Gasteiger partial charge in [0.25, 0.3) is 0 Å². The van der Waals surface area contributed by atoms with E-state index in [0.717, 1.165) is 30.8 Å². The summed E-state index contributed by atoms with van der Waals surface area (Å²) in [7, 11) is 3.64. The SMILES string of the molecule is CCCNCc1cc(-c2cnn(C)c2)ccc1OC. The van der Waals surface area contributed by atoms with E-state index in [4.69, 9.17) is 4.74 Å². The summed E-state index contributed by atoms with van der Waals surface area (Å²) in [4.78, 5) is 0. The van der Waals surface area contributed by atoms with Crippen LogP contribution in [-0.2, 0) is 13.6 Å². The zero-order chi connectivity index (χ0) is 13.7. The molecule has 0 bridgehead atoms. The molecule has 0 unspecified atom stereocenters. The van der Waals surface area contributed by atoms with E-state index in [2.05, 4.69) is 29.5 Å². The zero-order valence-electron chi connectivity index (χ0n) is 11.8. The van der Waals surface area contributed by atoms with E-state index in [9.17, 15) is 0 Å². The van der Waals surface area contributed by atoms with Crippen LogP contribution in [0.15, 0.2) is 30.6 Å². The molecular weight excluding hydrogens is 238 g/mol. The number of rotatable bonds is 6. The van der Waals surface area contributed by atoms with Crippen molar-refractivity contribution in [3.63, 3.8) is 0 Å². The lowest BCUT2D eigenvalue weighted by atomic mass is 10.1. The van der Waals surface area contributed by atoms with E-state index in [0.29, 0.717) is 0 Å². The van der Waals surface area contributed by atoms with Crippen molar-refractivity contribution in [2.75, 3.05) is 13.7 Å². The maximum atomic E-state index is 5.41. The van der Waals surface area contributed by atoms with Gasteiger partial charge in [0, 0.05) is 30.9 Å². The minimum absolute atomic E-state index is 0.825. The van der Waals surface area contributed by atoms with Crippen molar-refractivity contribution < 1.29 is 4.74 Å². The van der Waals surface area contributed by atoms with Gasteiger partial charge in [-0.1, -0.05) is 13.0 Å². The molecule has 0 spiro atoms. The molecule has 102 valence electrons. The molecule has 2 rings (SSSR count). The Morgan fingerprint density at radius 2 is 2.16 bits per heavy atom. The standard InChI is InChI=1S/C15H21N3O/c1-4-7-16-9-13-8-12(5-6-15(13)19-3)14-10-17-18(2)11-14/h5-6,8,10-11,16H,4,7,9H2,1-3H3. The summed E-state index contributed by atoms with van der Waals surface area (Å²) in [6.07, 6.45) is 5.03. The third kappa shape index (κ3) is 3.35. The van der Waals surface area contributed by atoms with Gasteiger partial charge in [0.15, 0.2) is 0 Å². The fourth-order valence-electron chi connectivity index (χ4n) is 2.07. The van der Waals surface area contributed by atoms with Crippen molar-refractivity contribution in [3.05, 3.63) is 36.2 Å². The summed E-state index contributed by atoms with van der Waals surface area (Å²) in [6, 6.07) is 6.25. The number of hydrogen-bond acceptors (Lipinski definition) is 3. The topological polar surface area (TPSA) is 39.1 Å². The number of nitrogens with one attached hydrogen (secondary N) is 1. The Kier molecular flexibility index (Phi) is 4.58. The van der Waals surface area contributed by atoms with Crippen molar-refractivity contribution >= 4 is 0 Å². The van der Waals surface area contributed by atoms with Crippen molar-refractivity contribution in [2.45, 2.75) is 19.9 Å². The van der Waals surface area contributed by atoms with Crippen LogP contribution in [0.2, 0.25) is 0 Å². The summed E-state index contributed by atoms with van der Waals surface area (Å²) in [5.74, 6) is 0.927. The lowest BCUT2D eigenvalue weighted by Gasteiger charge is -2.11. The highest BCUT2D eigenvalue weighted by atomic mass is 16.5. The summed E-state index contributed by atoms with van der Waals surface area (Å²) in [5.41, 5.74) is 3.47. The second-order valence-electron chi connectivity index (χ2n) is 4.61.